The van der Waals surface area contributed by atoms with Crippen molar-refractivity contribution in [1.29, 1.82) is 5.26 Å². The second-order valence-corrected chi connectivity index (χ2v) is 17.8. The minimum Gasteiger partial charge on any atom is -0.457 e. The van der Waals surface area contributed by atoms with Crippen LogP contribution in [0.15, 0.2) is 195 Å². The standard InChI is InChI=1S/C60H32N8O/c1-62-36-15-20-53-44(29-36)42-24-27-63-34-55(42)68(53)39-18-23-57-49(32-39)60(46-10-6-25-64-58(46)59-47(60)11-7-26-65-59)48-31-38(17-22-56(48)69-57)67-51-13-5-3-9-41(51)45-30-37(16-21-54(45)67)66-50-12-4-2-8-40(50)43-28-35(33-61)14-19-52(43)66/h2-32,34H. The molecule has 0 saturated heterocycles. The van der Waals surface area contributed by atoms with Gasteiger partial charge in [0.2, 0.25) is 0 Å². The molecule has 0 atom stereocenters. The van der Waals surface area contributed by atoms with Crippen molar-refractivity contribution < 1.29 is 4.74 Å². The van der Waals surface area contributed by atoms with Gasteiger partial charge in [0.05, 0.1) is 74.3 Å². The summed E-state index contributed by atoms with van der Waals surface area (Å²) in [5.74, 6) is 1.50. The molecule has 2 aliphatic rings. The molecule has 15 rings (SSSR count). The van der Waals surface area contributed by atoms with E-state index >= 15 is 0 Å². The molecule has 7 heterocycles. The van der Waals surface area contributed by atoms with E-state index in [0.29, 0.717) is 11.3 Å². The monoisotopic (exact) mass is 880 g/mol. The first-order valence-electron chi connectivity index (χ1n) is 22.7. The third kappa shape index (κ3) is 4.87. The van der Waals surface area contributed by atoms with Crippen LogP contribution < -0.4 is 4.74 Å². The number of nitrogens with zero attached hydrogens (tertiary/aromatic N) is 8. The Hall–Kier alpha value is -9.83. The fourth-order valence-corrected chi connectivity index (χ4v) is 11.8. The Bertz CT molecular complexity index is 4470. The zero-order valence-electron chi connectivity index (χ0n) is 36.5. The molecule has 0 amide bonds. The van der Waals surface area contributed by atoms with Gasteiger partial charge in [-0.1, -0.05) is 54.6 Å². The lowest BCUT2D eigenvalue weighted by molar-refractivity contribution is 0.436. The fraction of sp³-hybridized carbons (Fsp3) is 0.0167. The van der Waals surface area contributed by atoms with Crippen LogP contribution in [-0.2, 0) is 5.41 Å². The van der Waals surface area contributed by atoms with E-state index in [1.165, 1.54) is 0 Å². The molecule has 7 aromatic carbocycles. The van der Waals surface area contributed by atoms with Gasteiger partial charge >= 0.3 is 0 Å². The smallest absolute Gasteiger partial charge is 0.188 e. The molecule has 0 unspecified atom stereocenters. The summed E-state index contributed by atoms with van der Waals surface area (Å²) < 4.78 is 13.9. The number of pyridine rings is 3. The Morgan fingerprint density at radius 1 is 0.464 bits per heavy atom. The molecule has 1 aliphatic heterocycles. The van der Waals surface area contributed by atoms with Crippen LogP contribution in [0.2, 0.25) is 0 Å². The van der Waals surface area contributed by atoms with Gasteiger partial charge in [-0.15, -0.1) is 0 Å². The van der Waals surface area contributed by atoms with Gasteiger partial charge in [-0.3, -0.25) is 15.0 Å². The van der Waals surface area contributed by atoms with Crippen LogP contribution in [0.25, 0.3) is 98.7 Å². The number of nitriles is 1. The molecule has 0 fully saturated rings. The minimum atomic E-state index is -0.871. The number of para-hydroxylation sites is 2. The Morgan fingerprint density at radius 2 is 0.986 bits per heavy atom. The van der Waals surface area contributed by atoms with Gasteiger partial charge in [-0.25, -0.2) is 4.85 Å². The van der Waals surface area contributed by atoms with Crippen molar-refractivity contribution in [2.75, 3.05) is 0 Å². The van der Waals surface area contributed by atoms with Crippen molar-refractivity contribution in [2.45, 2.75) is 5.41 Å². The van der Waals surface area contributed by atoms with Gasteiger partial charge in [0.25, 0.3) is 0 Å². The maximum absolute atomic E-state index is 9.81. The second kappa shape index (κ2) is 13.6. The second-order valence-electron chi connectivity index (χ2n) is 17.8. The molecule has 0 N–H and O–H groups in total. The van der Waals surface area contributed by atoms with Gasteiger partial charge in [0, 0.05) is 73.7 Å². The first-order chi connectivity index (χ1) is 34.1. The molecular formula is C60H32N8O. The van der Waals surface area contributed by atoms with E-state index in [-0.39, 0.29) is 0 Å². The first-order valence-corrected chi connectivity index (χ1v) is 22.7. The molecule has 6 aromatic heterocycles. The summed E-state index contributed by atoms with van der Waals surface area (Å²) in [6, 6.07) is 61.4. The van der Waals surface area contributed by atoms with E-state index in [2.05, 4.69) is 151 Å². The van der Waals surface area contributed by atoms with E-state index in [0.717, 1.165) is 128 Å². The number of benzene rings is 7. The van der Waals surface area contributed by atoms with Crippen LogP contribution in [0.1, 0.15) is 27.8 Å². The predicted octanol–water partition coefficient (Wildman–Crippen LogP) is 14.1. The molecule has 9 heteroatoms. The van der Waals surface area contributed by atoms with Crippen LogP contribution in [0.5, 0.6) is 11.5 Å². The summed E-state index contributed by atoms with van der Waals surface area (Å²) in [5, 5.41) is 16.2. The van der Waals surface area contributed by atoms with E-state index in [1.807, 2.05) is 73.3 Å². The van der Waals surface area contributed by atoms with Crippen molar-refractivity contribution in [3.8, 4) is 46.0 Å². The predicted molar refractivity (Wildman–Crippen MR) is 271 cm³/mol. The normalized spacial score (nSPS) is 13.1. The topological polar surface area (TPSA) is 90.8 Å². The highest BCUT2D eigenvalue weighted by Crippen LogP contribution is 2.62. The van der Waals surface area contributed by atoms with E-state index < -0.39 is 5.41 Å². The van der Waals surface area contributed by atoms with Crippen molar-refractivity contribution in [3.63, 3.8) is 0 Å². The van der Waals surface area contributed by atoms with Gasteiger partial charge < -0.3 is 18.4 Å². The molecule has 9 nitrogen and oxygen atoms in total. The zero-order valence-corrected chi connectivity index (χ0v) is 36.5. The van der Waals surface area contributed by atoms with Gasteiger partial charge in [-0.2, -0.15) is 5.26 Å². The van der Waals surface area contributed by atoms with Crippen LogP contribution >= 0.6 is 0 Å². The summed E-state index contributed by atoms with van der Waals surface area (Å²) in [7, 11) is 0. The fourth-order valence-electron chi connectivity index (χ4n) is 11.8. The Balaban J connectivity index is 0.981. The number of hydrogen-bond acceptors (Lipinski definition) is 5. The van der Waals surface area contributed by atoms with Crippen molar-refractivity contribution in [2.24, 2.45) is 0 Å². The summed E-state index contributed by atoms with van der Waals surface area (Å²) in [6.45, 7) is 7.78. The lowest BCUT2D eigenvalue weighted by Crippen LogP contribution is -2.32. The highest BCUT2D eigenvalue weighted by Gasteiger charge is 2.52. The van der Waals surface area contributed by atoms with Crippen molar-refractivity contribution >= 4 is 71.1 Å². The largest absolute Gasteiger partial charge is 0.457 e. The van der Waals surface area contributed by atoms with Gasteiger partial charge in [0.1, 0.15) is 11.5 Å². The molecule has 0 saturated carbocycles. The Morgan fingerprint density at radius 3 is 1.62 bits per heavy atom. The lowest BCUT2D eigenvalue weighted by atomic mass is 9.66. The average molecular weight is 881 g/mol. The average Bonchev–Trinajstić information content (AvgIpc) is 4.12. The third-order valence-electron chi connectivity index (χ3n) is 14.5. The quantitative estimate of drug-likeness (QED) is 0.165. The van der Waals surface area contributed by atoms with Gasteiger partial charge in [-0.05, 0) is 132 Å². The SMILES string of the molecule is [C-]#[N+]c1ccc2c(c1)c1ccncc1n2-c1ccc2c(c1)C1(c3cc(-n4c5ccccc5c5cc(-n6c7ccccc7c7cc(C#N)ccc76)ccc54)ccc3O2)c2cccnc2-c2ncccc21. The molecule has 69 heavy (non-hydrogen) atoms. The third-order valence-corrected chi connectivity index (χ3v) is 14.5. The maximum atomic E-state index is 9.81. The molecule has 13 aromatic rings. The van der Waals surface area contributed by atoms with E-state index in [4.69, 9.17) is 21.3 Å². The number of aromatic nitrogens is 6. The first kappa shape index (κ1) is 37.4. The number of ether oxygens (including phenoxy) is 1. The van der Waals surface area contributed by atoms with E-state index in [1.54, 1.807) is 0 Å². The molecule has 0 radical (unpaired) electrons. The number of hydrogen-bond donors (Lipinski definition) is 0. The van der Waals surface area contributed by atoms with Crippen LogP contribution in [0, 0.1) is 17.9 Å². The molecule has 1 aliphatic carbocycles. The zero-order chi connectivity index (χ0) is 45.5. The van der Waals surface area contributed by atoms with Crippen LogP contribution in [0.4, 0.5) is 5.69 Å². The molecule has 0 bridgehead atoms. The van der Waals surface area contributed by atoms with Crippen LogP contribution in [0.3, 0.4) is 0 Å². The van der Waals surface area contributed by atoms with Crippen molar-refractivity contribution in [1.82, 2.24) is 28.7 Å². The highest BCUT2D eigenvalue weighted by molar-refractivity contribution is 6.13. The van der Waals surface area contributed by atoms with Crippen molar-refractivity contribution in [3.05, 3.63) is 234 Å². The number of fused-ring (bicyclic) bond motifs is 18. The Kier molecular flexibility index (Phi) is 7.38. The molecule has 1 spiro atoms. The summed E-state index contributed by atoms with van der Waals surface area (Å²) in [6.07, 6.45) is 7.41. The highest BCUT2D eigenvalue weighted by atomic mass is 16.5. The van der Waals surface area contributed by atoms with Crippen LogP contribution in [-0.4, -0.2) is 28.7 Å². The number of rotatable bonds is 3. The summed E-state index contributed by atoms with van der Waals surface area (Å²) in [4.78, 5) is 18.4. The lowest BCUT2D eigenvalue weighted by Gasteiger charge is -2.39. The maximum Gasteiger partial charge on any atom is 0.188 e. The van der Waals surface area contributed by atoms with Gasteiger partial charge in [0.15, 0.2) is 5.69 Å². The summed E-state index contributed by atoms with van der Waals surface area (Å²) in [5.41, 5.74) is 15.2. The molecule has 318 valence electrons. The minimum absolute atomic E-state index is 0.588. The van der Waals surface area contributed by atoms with E-state index in [9.17, 15) is 5.26 Å². The Labute approximate surface area is 393 Å². The molecular weight excluding hydrogens is 849 g/mol. The summed E-state index contributed by atoms with van der Waals surface area (Å²) >= 11 is 0.